The fourth-order valence-electron chi connectivity index (χ4n) is 2.61. The summed E-state index contributed by atoms with van der Waals surface area (Å²) < 4.78 is 0. The van der Waals surface area contributed by atoms with Crippen molar-refractivity contribution in [1.29, 1.82) is 0 Å². The highest BCUT2D eigenvalue weighted by Gasteiger charge is 2.08. The second-order valence-electron chi connectivity index (χ2n) is 7.17. The lowest BCUT2D eigenvalue weighted by atomic mass is 10.2. The Morgan fingerprint density at radius 1 is 0.714 bits per heavy atom. The van der Waals surface area contributed by atoms with Crippen molar-refractivity contribution in [1.82, 2.24) is 41.2 Å². The van der Waals surface area contributed by atoms with E-state index in [1.807, 2.05) is 0 Å². The van der Waals surface area contributed by atoms with Crippen LogP contribution in [0.25, 0.3) is 0 Å². The van der Waals surface area contributed by atoms with Crippen molar-refractivity contribution in [2.75, 3.05) is 24.0 Å². The minimum atomic E-state index is -0.681. The van der Waals surface area contributed by atoms with Crippen LogP contribution in [0, 0.1) is 13.8 Å². The maximum atomic E-state index is 11.8. The van der Waals surface area contributed by atoms with Crippen molar-refractivity contribution >= 4 is 35.8 Å². The minimum Gasteiger partial charge on any atom is -0.339 e. The largest absolute Gasteiger partial charge is 0.339 e. The number of urea groups is 2. The van der Waals surface area contributed by atoms with Gasteiger partial charge in [-0.2, -0.15) is 9.97 Å². The number of aromatic amines is 2. The van der Waals surface area contributed by atoms with E-state index in [1.165, 1.54) is 12.1 Å². The molecule has 2 aromatic rings. The van der Waals surface area contributed by atoms with E-state index in [0.717, 1.165) is 0 Å². The molecule has 188 valence electrons. The maximum absolute atomic E-state index is 11.8. The van der Waals surface area contributed by atoms with Gasteiger partial charge in [-0.1, -0.05) is 0 Å². The van der Waals surface area contributed by atoms with Crippen LogP contribution in [-0.2, 0) is 9.59 Å². The van der Waals surface area contributed by atoms with Crippen LogP contribution >= 0.6 is 0 Å². The number of hydrogen-bond acceptors (Lipinski definition) is 8. The minimum absolute atomic E-state index is 0.0291. The molecular formula is C19H26N10O6. The maximum Gasteiger partial charge on any atom is 0.322 e. The number of carbonyl (C=O) groups excluding carboxylic acids is 4. The third-order valence-corrected chi connectivity index (χ3v) is 4.10. The summed E-state index contributed by atoms with van der Waals surface area (Å²) in [5.74, 6) is -0.841. The van der Waals surface area contributed by atoms with Gasteiger partial charge in [0.1, 0.15) is 0 Å². The van der Waals surface area contributed by atoms with E-state index in [2.05, 4.69) is 51.8 Å². The summed E-state index contributed by atoms with van der Waals surface area (Å²) in [6.07, 6.45) is 0.298. The molecule has 0 aliphatic carbocycles. The van der Waals surface area contributed by atoms with Gasteiger partial charge in [-0.15, -0.1) is 0 Å². The predicted octanol–water partition coefficient (Wildman–Crippen LogP) is -1.27. The molecule has 0 spiro atoms. The van der Waals surface area contributed by atoms with E-state index >= 15 is 0 Å². The van der Waals surface area contributed by atoms with Gasteiger partial charge in [-0.25, -0.2) is 9.59 Å². The molecule has 2 aromatic heterocycles. The molecule has 2 heterocycles. The number of anilines is 2. The number of hydrogen-bond donors (Lipinski definition) is 8. The Bertz CT molecular complexity index is 1100. The Hall–Kier alpha value is -4.76. The van der Waals surface area contributed by atoms with E-state index in [9.17, 15) is 28.8 Å². The van der Waals surface area contributed by atoms with Gasteiger partial charge >= 0.3 is 12.1 Å². The SMILES string of the molecule is Cc1cc(=O)nc(NC(=O)NCNC(=O)CCCC(=O)NCNC(=O)Nc2nc(=O)cc(C)[nH]2)[nH]1. The summed E-state index contributed by atoms with van der Waals surface area (Å²) in [6.45, 7) is 2.92. The van der Waals surface area contributed by atoms with Crippen molar-refractivity contribution in [3.63, 3.8) is 0 Å². The van der Waals surface area contributed by atoms with E-state index < -0.39 is 35.0 Å². The van der Waals surface area contributed by atoms with Crippen molar-refractivity contribution in [2.45, 2.75) is 33.1 Å². The van der Waals surface area contributed by atoms with E-state index in [-0.39, 0.29) is 44.5 Å². The third kappa shape index (κ3) is 10.6. The molecule has 16 heteroatoms. The molecule has 2 rings (SSSR count). The second-order valence-corrected chi connectivity index (χ2v) is 7.17. The summed E-state index contributed by atoms with van der Waals surface area (Å²) in [5, 5.41) is 14.3. The van der Waals surface area contributed by atoms with Crippen LogP contribution < -0.4 is 43.0 Å². The molecule has 0 atom stereocenters. The Balaban J connectivity index is 1.54. The predicted molar refractivity (Wildman–Crippen MR) is 123 cm³/mol. The molecule has 0 unspecified atom stereocenters. The Labute approximate surface area is 198 Å². The summed E-state index contributed by atoms with van der Waals surface area (Å²) in [7, 11) is 0. The average Bonchev–Trinajstić information content (AvgIpc) is 2.72. The molecule has 0 aliphatic heterocycles. The number of carbonyl (C=O) groups is 4. The summed E-state index contributed by atoms with van der Waals surface area (Å²) in [6, 6.07) is 1.18. The van der Waals surface area contributed by atoms with E-state index in [0.29, 0.717) is 11.4 Å². The zero-order valence-electron chi connectivity index (χ0n) is 19.0. The molecule has 35 heavy (non-hydrogen) atoms. The van der Waals surface area contributed by atoms with Crippen molar-refractivity contribution in [2.24, 2.45) is 0 Å². The highest BCUT2D eigenvalue weighted by Crippen LogP contribution is 1.97. The molecule has 6 amide bonds. The smallest absolute Gasteiger partial charge is 0.322 e. The van der Waals surface area contributed by atoms with Crippen molar-refractivity contribution < 1.29 is 19.2 Å². The van der Waals surface area contributed by atoms with E-state index in [1.54, 1.807) is 13.8 Å². The lowest BCUT2D eigenvalue weighted by Gasteiger charge is -2.09. The molecular weight excluding hydrogens is 464 g/mol. The normalized spacial score (nSPS) is 10.1. The number of H-pyrrole nitrogens is 2. The molecule has 0 bridgehead atoms. The Morgan fingerprint density at radius 3 is 1.49 bits per heavy atom. The van der Waals surface area contributed by atoms with E-state index in [4.69, 9.17) is 0 Å². The fourth-order valence-corrected chi connectivity index (χ4v) is 2.61. The zero-order valence-corrected chi connectivity index (χ0v) is 19.0. The van der Waals surface area contributed by atoms with Crippen LogP contribution in [0.15, 0.2) is 21.7 Å². The van der Waals surface area contributed by atoms with Gasteiger partial charge in [0.15, 0.2) is 0 Å². The molecule has 0 saturated carbocycles. The third-order valence-electron chi connectivity index (χ3n) is 4.10. The molecule has 0 aliphatic rings. The first-order chi connectivity index (χ1) is 16.6. The number of aryl methyl sites for hydroxylation is 2. The van der Waals surface area contributed by atoms with Gasteiger partial charge in [0.2, 0.25) is 23.7 Å². The van der Waals surface area contributed by atoms with Crippen LogP contribution in [0.4, 0.5) is 21.5 Å². The first-order valence-electron chi connectivity index (χ1n) is 10.4. The van der Waals surface area contributed by atoms with Crippen LogP contribution in [0.3, 0.4) is 0 Å². The zero-order chi connectivity index (χ0) is 25.8. The number of amides is 6. The molecule has 0 aromatic carbocycles. The second kappa shape index (κ2) is 13.1. The molecule has 16 nitrogen and oxygen atoms in total. The van der Waals surface area contributed by atoms with Gasteiger partial charge in [-0.3, -0.25) is 29.8 Å². The monoisotopic (exact) mass is 490 g/mol. The van der Waals surface area contributed by atoms with Crippen LogP contribution in [0.5, 0.6) is 0 Å². The molecule has 0 fully saturated rings. The van der Waals surface area contributed by atoms with Crippen LogP contribution in [-0.4, -0.2) is 57.1 Å². The number of rotatable bonds is 10. The highest BCUT2D eigenvalue weighted by molar-refractivity contribution is 5.88. The van der Waals surface area contributed by atoms with Crippen LogP contribution in [0.2, 0.25) is 0 Å². The summed E-state index contributed by atoms with van der Waals surface area (Å²) >= 11 is 0. The topological polar surface area (TPSA) is 232 Å². The van der Waals surface area contributed by atoms with Gasteiger partial charge in [-0.05, 0) is 20.3 Å². The molecule has 8 N–H and O–H groups in total. The van der Waals surface area contributed by atoms with Gasteiger partial charge < -0.3 is 31.2 Å². The quantitative estimate of drug-likeness (QED) is 0.187. The standard InChI is InChI=1S/C19H26N10O6/c1-10-6-14(32)26-16(24-10)28-18(34)22-8-20-12(30)4-3-5-13(31)21-9-23-19(35)29-17-25-11(2)7-15(33)27-17/h6-7H,3-5,8-9H2,1-2H3,(H,20,30)(H,21,31)(H3,22,24,26,28,32,34)(H3,23,25,27,29,33,35). The Morgan fingerprint density at radius 2 is 1.11 bits per heavy atom. The Kier molecular flexibility index (Phi) is 9.89. The first-order valence-corrected chi connectivity index (χ1v) is 10.4. The summed E-state index contributed by atoms with van der Waals surface area (Å²) in [5.41, 5.74) is 0.0257. The molecule has 0 radical (unpaired) electrons. The van der Waals surface area contributed by atoms with Gasteiger partial charge in [0.25, 0.3) is 11.1 Å². The van der Waals surface area contributed by atoms with Crippen molar-refractivity contribution in [3.8, 4) is 0 Å². The first kappa shape index (κ1) is 26.5. The fraction of sp³-hybridized carbons (Fsp3) is 0.368. The lowest BCUT2D eigenvalue weighted by molar-refractivity contribution is -0.122. The molecule has 0 saturated heterocycles. The van der Waals surface area contributed by atoms with Gasteiger partial charge in [0.05, 0.1) is 13.3 Å². The summed E-state index contributed by atoms with van der Waals surface area (Å²) in [4.78, 5) is 82.3. The average molecular weight is 490 g/mol. The lowest BCUT2D eigenvalue weighted by Crippen LogP contribution is -2.40. The number of aromatic nitrogens is 4. The number of nitrogens with one attached hydrogen (secondary N) is 8. The van der Waals surface area contributed by atoms with Crippen molar-refractivity contribution in [3.05, 3.63) is 44.2 Å². The highest BCUT2D eigenvalue weighted by atomic mass is 16.2. The van der Waals surface area contributed by atoms with Gasteiger partial charge in [0, 0.05) is 36.4 Å². The number of nitrogens with zero attached hydrogens (tertiary/aromatic N) is 2. The van der Waals surface area contributed by atoms with Crippen LogP contribution in [0.1, 0.15) is 30.7 Å².